The van der Waals surface area contributed by atoms with Gasteiger partial charge in [0.05, 0.1) is 5.25 Å². The number of rotatable bonds is 4. The van der Waals surface area contributed by atoms with E-state index in [-0.39, 0.29) is 0 Å². The first-order valence-electron chi connectivity index (χ1n) is 6.21. The van der Waals surface area contributed by atoms with E-state index < -0.39 is 0 Å². The Morgan fingerprint density at radius 2 is 2.12 bits per heavy atom. The average Bonchev–Trinajstić information content (AvgIpc) is 2.74. The van der Waals surface area contributed by atoms with Crippen molar-refractivity contribution in [2.75, 3.05) is 6.54 Å². The van der Waals surface area contributed by atoms with Crippen LogP contribution in [-0.2, 0) is 0 Å². The van der Waals surface area contributed by atoms with Crippen molar-refractivity contribution >= 4 is 11.8 Å². The Morgan fingerprint density at radius 3 is 2.69 bits per heavy atom. The van der Waals surface area contributed by atoms with Gasteiger partial charge in [0.25, 0.3) is 0 Å². The Kier molecular flexibility index (Phi) is 4.36. The summed E-state index contributed by atoms with van der Waals surface area (Å²) in [6.45, 7) is 2.66. The minimum absolute atomic E-state index is 0.344. The lowest BCUT2D eigenvalue weighted by Crippen LogP contribution is -2.15. The first-order valence-corrected chi connectivity index (χ1v) is 7.15. The molecule has 2 nitrogen and oxygen atoms in total. The molecule has 1 atom stereocenters. The molecule has 0 radical (unpaired) electrons. The normalized spacial score (nSPS) is 19.9. The van der Waals surface area contributed by atoms with Crippen LogP contribution >= 0.6 is 11.8 Å². The van der Waals surface area contributed by atoms with Gasteiger partial charge in [-0.1, -0.05) is 19.3 Å². The molecule has 1 heterocycles. The number of hydrogen-bond donors (Lipinski definition) is 1. The van der Waals surface area contributed by atoms with E-state index in [0.29, 0.717) is 11.8 Å². The van der Waals surface area contributed by atoms with Crippen molar-refractivity contribution < 1.29 is 4.42 Å². The second kappa shape index (κ2) is 5.78. The Morgan fingerprint density at radius 1 is 1.38 bits per heavy atom. The molecule has 0 amide bonds. The third-order valence-electron chi connectivity index (χ3n) is 3.20. The monoisotopic (exact) mass is 239 g/mol. The van der Waals surface area contributed by atoms with Crippen LogP contribution in [0.15, 0.2) is 16.5 Å². The van der Waals surface area contributed by atoms with Crippen LogP contribution in [0, 0.1) is 6.92 Å². The maximum atomic E-state index is 5.85. The summed E-state index contributed by atoms with van der Waals surface area (Å²) in [5, 5.41) is 1.13. The molecule has 0 spiro atoms. The van der Waals surface area contributed by atoms with Crippen LogP contribution in [0.1, 0.15) is 48.9 Å². The SMILES string of the molecule is Cc1ccc(C(CN)SC2CCCCC2)o1. The number of aryl methyl sites for hydroxylation is 1. The van der Waals surface area contributed by atoms with Gasteiger partial charge >= 0.3 is 0 Å². The fraction of sp³-hybridized carbons (Fsp3) is 0.692. The molecule has 0 saturated heterocycles. The van der Waals surface area contributed by atoms with E-state index in [9.17, 15) is 0 Å². The molecule has 90 valence electrons. The van der Waals surface area contributed by atoms with E-state index in [1.165, 1.54) is 32.1 Å². The van der Waals surface area contributed by atoms with E-state index in [2.05, 4.69) is 6.07 Å². The molecule has 0 aromatic carbocycles. The van der Waals surface area contributed by atoms with Crippen LogP contribution in [0.3, 0.4) is 0 Å². The van der Waals surface area contributed by atoms with Gasteiger partial charge in [-0.3, -0.25) is 0 Å². The molecule has 1 unspecified atom stereocenters. The van der Waals surface area contributed by atoms with E-state index >= 15 is 0 Å². The molecule has 0 aliphatic heterocycles. The standard InChI is InChI=1S/C13H21NOS/c1-10-7-8-12(15-10)13(9-14)16-11-5-3-2-4-6-11/h7-8,11,13H,2-6,9,14H2,1H3. The lowest BCUT2D eigenvalue weighted by Gasteiger charge is -2.24. The molecular weight excluding hydrogens is 218 g/mol. The van der Waals surface area contributed by atoms with E-state index in [1.54, 1.807) is 0 Å². The van der Waals surface area contributed by atoms with Gasteiger partial charge in [-0.15, -0.1) is 11.8 Å². The van der Waals surface area contributed by atoms with Gasteiger partial charge < -0.3 is 10.2 Å². The minimum atomic E-state index is 0.344. The van der Waals surface area contributed by atoms with Crippen molar-refractivity contribution in [3.05, 3.63) is 23.7 Å². The van der Waals surface area contributed by atoms with Crippen LogP contribution < -0.4 is 5.73 Å². The molecule has 1 aliphatic rings. The summed E-state index contributed by atoms with van der Waals surface area (Å²) in [5.74, 6) is 2.04. The molecule has 2 rings (SSSR count). The highest BCUT2D eigenvalue weighted by Crippen LogP contribution is 2.38. The summed E-state index contributed by atoms with van der Waals surface area (Å²) in [4.78, 5) is 0. The summed E-state index contributed by atoms with van der Waals surface area (Å²) in [7, 11) is 0. The van der Waals surface area contributed by atoms with Crippen molar-refractivity contribution in [3.63, 3.8) is 0 Å². The average molecular weight is 239 g/mol. The van der Waals surface area contributed by atoms with Gasteiger partial charge in [-0.05, 0) is 31.9 Å². The third-order valence-corrected chi connectivity index (χ3v) is 4.81. The van der Waals surface area contributed by atoms with E-state index in [4.69, 9.17) is 10.2 Å². The largest absolute Gasteiger partial charge is 0.465 e. The van der Waals surface area contributed by atoms with Crippen LogP contribution in [0.4, 0.5) is 0 Å². The summed E-state index contributed by atoms with van der Waals surface area (Å²) < 4.78 is 5.68. The molecule has 1 aromatic rings. The maximum absolute atomic E-state index is 5.85. The van der Waals surface area contributed by atoms with E-state index in [1.807, 2.05) is 24.8 Å². The fourth-order valence-corrected chi connectivity index (χ4v) is 3.74. The van der Waals surface area contributed by atoms with Gasteiger partial charge in [0.2, 0.25) is 0 Å². The highest BCUT2D eigenvalue weighted by molar-refractivity contribution is 8.00. The van der Waals surface area contributed by atoms with Crippen molar-refractivity contribution in [1.29, 1.82) is 0 Å². The van der Waals surface area contributed by atoms with Crippen LogP contribution in [-0.4, -0.2) is 11.8 Å². The second-order valence-corrected chi connectivity index (χ2v) is 6.08. The Hall–Kier alpha value is -0.410. The molecule has 2 N–H and O–H groups in total. The lowest BCUT2D eigenvalue weighted by atomic mass is 10.0. The topological polar surface area (TPSA) is 39.2 Å². The first kappa shape index (κ1) is 12.1. The van der Waals surface area contributed by atoms with Crippen LogP contribution in [0.5, 0.6) is 0 Å². The van der Waals surface area contributed by atoms with Gasteiger partial charge in [0.1, 0.15) is 11.5 Å². The zero-order valence-electron chi connectivity index (χ0n) is 9.95. The smallest absolute Gasteiger partial charge is 0.118 e. The van der Waals surface area contributed by atoms with Crippen molar-refractivity contribution in [3.8, 4) is 0 Å². The summed E-state index contributed by atoms with van der Waals surface area (Å²) in [5.41, 5.74) is 5.85. The quantitative estimate of drug-likeness (QED) is 0.871. The van der Waals surface area contributed by atoms with Crippen molar-refractivity contribution in [2.24, 2.45) is 5.73 Å². The molecule has 0 bridgehead atoms. The molecule has 1 aliphatic carbocycles. The number of hydrogen-bond acceptors (Lipinski definition) is 3. The predicted molar refractivity (Wildman–Crippen MR) is 69.7 cm³/mol. The summed E-state index contributed by atoms with van der Waals surface area (Å²) >= 11 is 2.01. The number of thioether (sulfide) groups is 1. The summed E-state index contributed by atoms with van der Waals surface area (Å²) in [6, 6.07) is 4.10. The first-order chi connectivity index (χ1) is 7.79. The zero-order valence-corrected chi connectivity index (χ0v) is 10.8. The van der Waals surface area contributed by atoms with Gasteiger partial charge in [0, 0.05) is 11.8 Å². The highest BCUT2D eigenvalue weighted by atomic mass is 32.2. The summed E-state index contributed by atoms with van der Waals surface area (Å²) in [6.07, 6.45) is 6.87. The molecule has 1 saturated carbocycles. The number of nitrogens with two attached hydrogens (primary N) is 1. The molecule has 3 heteroatoms. The zero-order chi connectivity index (χ0) is 11.4. The Labute approximate surface area is 102 Å². The van der Waals surface area contributed by atoms with Crippen LogP contribution in [0.25, 0.3) is 0 Å². The van der Waals surface area contributed by atoms with Gasteiger partial charge in [0.15, 0.2) is 0 Å². The Balaban J connectivity index is 1.94. The third kappa shape index (κ3) is 3.05. The highest BCUT2D eigenvalue weighted by Gasteiger charge is 2.21. The molecule has 1 aromatic heterocycles. The number of furan rings is 1. The molecular formula is C13H21NOS. The molecule has 16 heavy (non-hydrogen) atoms. The van der Waals surface area contributed by atoms with Crippen molar-refractivity contribution in [2.45, 2.75) is 49.5 Å². The van der Waals surface area contributed by atoms with Gasteiger partial charge in [-0.2, -0.15) is 0 Å². The van der Waals surface area contributed by atoms with E-state index in [0.717, 1.165) is 16.8 Å². The fourth-order valence-electron chi connectivity index (χ4n) is 2.30. The maximum Gasteiger partial charge on any atom is 0.118 e. The second-order valence-electron chi connectivity index (χ2n) is 4.57. The van der Waals surface area contributed by atoms with Crippen molar-refractivity contribution in [1.82, 2.24) is 0 Å². The minimum Gasteiger partial charge on any atom is -0.465 e. The predicted octanol–water partition coefficient (Wildman–Crippen LogP) is 3.65. The lowest BCUT2D eigenvalue weighted by molar-refractivity contribution is 0.477. The van der Waals surface area contributed by atoms with Gasteiger partial charge in [-0.25, -0.2) is 0 Å². The Bertz CT molecular complexity index is 317. The van der Waals surface area contributed by atoms with Crippen LogP contribution in [0.2, 0.25) is 0 Å². The molecule has 1 fully saturated rings.